The minimum absolute atomic E-state index is 0.213. The van der Waals surface area contributed by atoms with E-state index in [0.717, 1.165) is 23.3 Å². The fourth-order valence-corrected chi connectivity index (χ4v) is 1.96. The lowest BCUT2D eigenvalue weighted by Gasteiger charge is -2.11. The zero-order valence-electron chi connectivity index (χ0n) is 12.3. The van der Waals surface area contributed by atoms with Crippen molar-refractivity contribution in [2.24, 2.45) is 0 Å². The third-order valence-corrected chi connectivity index (χ3v) is 2.87. The topological polar surface area (TPSA) is 76.1 Å². The summed E-state index contributed by atoms with van der Waals surface area (Å²) in [6.07, 6.45) is 0.308. The van der Waals surface area contributed by atoms with Gasteiger partial charge in [0.2, 0.25) is 5.95 Å². The maximum atomic E-state index is 11.4. The molecule has 6 heteroatoms. The maximum Gasteiger partial charge on any atom is 0.307 e. The molecule has 0 saturated heterocycles. The minimum Gasteiger partial charge on any atom is -0.466 e. The van der Waals surface area contributed by atoms with E-state index < -0.39 is 0 Å². The third-order valence-electron chi connectivity index (χ3n) is 2.87. The summed E-state index contributed by atoms with van der Waals surface area (Å²) in [7, 11) is 0. The molecule has 0 aliphatic carbocycles. The molecule has 21 heavy (non-hydrogen) atoms. The number of anilines is 2. The predicted octanol–water partition coefficient (Wildman–Crippen LogP) is 2.43. The molecule has 0 fully saturated rings. The maximum absolute atomic E-state index is 11.4. The standard InChI is InChI=1S/C15H20N4O2/c1-3-16-15-18-12-8-6-5-7-11(12)14(19-15)17-10-9-13(20)21-4-2/h5-8H,3-4,9-10H2,1-2H3,(H2,16,17,18,19). The largest absolute Gasteiger partial charge is 0.466 e. The number of esters is 1. The number of ether oxygens (including phenoxy) is 1. The first-order chi connectivity index (χ1) is 10.2. The Morgan fingerprint density at radius 1 is 1.19 bits per heavy atom. The molecule has 1 aromatic carbocycles. The van der Waals surface area contributed by atoms with E-state index in [9.17, 15) is 4.79 Å². The molecule has 1 heterocycles. The fraction of sp³-hybridized carbons (Fsp3) is 0.400. The number of nitrogens with one attached hydrogen (secondary N) is 2. The number of para-hydroxylation sites is 1. The van der Waals surface area contributed by atoms with Gasteiger partial charge in [-0.3, -0.25) is 4.79 Å². The quantitative estimate of drug-likeness (QED) is 0.762. The van der Waals surface area contributed by atoms with Crippen LogP contribution in [0, 0.1) is 0 Å². The highest BCUT2D eigenvalue weighted by Gasteiger charge is 2.08. The molecule has 112 valence electrons. The number of rotatable bonds is 7. The van der Waals surface area contributed by atoms with Crippen molar-refractivity contribution in [3.63, 3.8) is 0 Å². The Hall–Kier alpha value is -2.37. The number of hydrogen-bond acceptors (Lipinski definition) is 6. The van der Waals surface area contributed by atoms with E-state index in [1.807, 2.05) is 31.2 Å². The van der Waals surface area contributed by atoms with Crippen LogP contribution in [0.15, 0.2) is 24.3 Å². The van der Waals surface area contributed by atoms with Crippen molar-refractivity contribution in [1.29, 1.82) is 0 Å². The highest BCUT2D eigenvalue weighted by Crippen LogP contribution is 2.21. The first-order valence-electron chi connectivity index (χ1n) is 7.14. The van der Waals surface area contributed by atoms with Crippen molar-refractivity contribution in [3.05, 3.63) is 24.3 Å². The lowest BCUT2D eigenvalue weighted by Crippen LogP contribution is -2.13. The SMILES string of the molecule is CCNc1nc(NCCC(=O)OCC)c2ccccc2n1. The zero-order chi connectivity index (χ0) is 15.1. The number of carbonyl (C=O) groups is 1. The number of nitrogens with zero attached hydrogens (tertiary/aromatic N) is 2. The minimum atomic E-state index is -0.213. The molecule has 6 nitrogen and oxygen atoms in total. The lowest BCUT2D eigenvalue weighted by atomic mass is 10.2. The molecule has 0 bridgehead atoms. The van der Waals surface area contributed by atoms with Crippen LogP contribution in [0.5, 0.6) is 0 Å². The number of carbonyl (C=O) groups excluding carboxylic acids is 1. The Labute approximate surface area is 123 Å². The summed E-state index contributed by atoms with van der Waals surface area (Å²) >= 11 is 0. The highest BCUT2D eigenvalue weighted by molar-refractivity contribution is 5.90. The second-order valence-corrected chi connectivity index (χ2v) is 4.43. The van der Waals surface area contributed by atoms with Crippen LogP contribution < -0.4 is 10.6 Å². The average molecular weight is 288 g/mol. The van der Waals surface area contributed by atoms with Gasteiger partial charge in [-0.2, -0.15) is 4.98 Å². The van der Waals surface area contributed by atoms with Crippen LogP contribution in [0.2, 0.25) is 0 Å². The second-order valence-electron chi connectivity index (χ2n) is 4.43. The van der Waals surface area contributed by atoms with Gasteiger partial charge in [0.05, 0.1) is 18.5 Å². The van der Waals surface area contributed by atoms with E-state index >= 15 is 0 Å². The third kappa shape index (κ3) is 4.05. The highest BCUT2D eigenvalue weighted by atomic mass is 16.5. The predicted molar refractivity (Wildman–Crippen MR) is 83.4 cm³/mol. The van der Waals surface area contributed by atoms with E-state index in [2.05, 4.69) is 20.6 Å². The first kappa shape index (κ1) is 15.0. The average Bonchev–Trinajstić information content (AvgIpc) is 2.48. The summed E-state index contributed by atoms with van der Waals surface area (Å²) in [5.74, 6) is 1.09. The molecule has 1 aromatic heterocycles. The van der Waals surface area contributed by atoms with Crippen LogP contribution in [0.1, 0.15) is 20.3 Å². The molecular formula is C15H20N4O2. The van der Waals surface area contributed by atoms with Crippen LogP contribution in [-0.2, 0) is 9.53 Å². The van der Waals surface area contributed by atoms with Gasteiger partial charge >= 0.3 is 5.97 Å². The van der Waals surface area contributed by atoms with Crippen LogP contribution in [0.4, 0.5) is 11.8 Å². The van der Waals surface area contributed by atoms with Gasteiger partial charge in [0, 0.05) is 18.5 Å². The fourth-order valence-electron chi connectivity index (χ4n) is 1.96. The Bertz CT molecular complexity index is 616. The Morgan fingerprint density at radius 2 is 2.00 bits per heavy atom. The van der Waals surface area contributed by atoms with E-state index in [1.165, 1.54) is 0 Å². The van der Waals surface area contributed by atoms with Crippen LogP contribution >= 0.6 is 0 Å². The molecule has 0 aliphatic heterocycles. The van der Waals surface area contributed by atoms with Gasteiger partial charge in [0.1, 0.15) is 5.82 Å². The normalized spacial score (nSPS) is 10.4. The lowest BCUT2D eigenvalue weighted by molar-refractivity contribution is -0.142. The smallest absolute Gasteiger partial charge is 0.307 e. The summed E-state index contributed by atoms with van der Waals surface area (Å²) in [5, 5.41) is 7.22. The van der Waals surface area contributed by atoms with Crippen LogP contribution in [-0.4, -0.2) is 35.6 Å². The van der Waals surface area contributed by atoms with Crippen molar-refractivity contribution in [2.45, 2.75) is 20.3 Å². The molecule has 2 N–H and O–H groups in total. The summed E-state index contributed by atoms with van der Waals surface area (Å²) in [4.78, 5) is 20.3. The first-order valence-corrected chi connectivity index (χ1v) is 7.14. The van der Waals surface area contributed by atoms with Gasteiger partial charge in [-0.15, -0.1) is 0 Å². The zero-order valence-corrected chi connectivity index (χ0v) is 12.3. The molecule has 0 radical (unpaired) electrons. The molecule has 0 atom stereocenters. The summed E-state index contributed by atoms with van der Waals surface area (Å²) in [6.45, 7) is 5.42. The van der Waals surface area contributed by atoms with E-state index in [1.54, 1.807) is 6.92 Å². The summed E-state index contributed by atoms with van der Waals surface area (Å²) < 4.78 is 4.91. The van der Waals surface area contributed by atoms with Gasteiger partial charge < -0.3 is 15.4 Å². The van der Waals surface area contributed by atoms with E-state index in [4.69, 9.17) is 4.74 Å². The van der Waals surface area contributed by atoms with Crippen molar-refractivity contribution in [2.75, 3.05) is 30.3 Å². The van der Waals surface area contributed by atoms with Crippen LogP contribution in [0.25, 0.3) is 10.9 Å². The van der Waals surface area contributed by atoms with E-state index in [0.29, 0.717) is 25.5 Å². The second kappa shape index (κ2) is 7.42. The van der Waals surface area contributed by atoms with Crippen molar-refractivity contribution in [3.8, 4) is 0 Å². The van der Waals surface area contributed by atoms with Crippen molar-refractivity contribution < 1.29 is 9.53 Å². The molecule has 0 spiro atoms. The monoisotopic (exact) mass is 288 g/mol. The molecule has 2 aromatic rings. The molecule has 0 amide bonds. The number of aromatic nitrogens is 2. The molecule has 0 saturated carbocycles. The molecular weight excluding hydrogens is 268 g/mol. The van der Waals surface area contributed by atoms with Gasteiger partial charge in [-0.1, -0.05) is 12.1 Å². The Morgan fingerprint density at radius 3 is 2.76 bits per heavy atom. The van der Waals surface area contributed by atoms with Gasteiger partial charge in [-0.25, -0.2) is 4.98 Å². The van der Waals surface area contributed by atoms with Crippen molar-refractivity contribution in [1.82, 2.24) is 9.97 Å². The summed E-state index contributed by atoms with van der Waals surface area (Å²) in [6, 6.07) is 7.77. The molecule has 0 unspecified atom stereocenters. The Balaban J connectivity index is 2.15. The van der Waals surface area contributed by atoms with Crippen molar-refractivity contribution >= 4 is 28.6 Å². The molecule has 0 aliphatic rings. The Kier molecular flexibility index (Phi) is 5.31. The number of hydrogen-bond donors (Lipinski definition) is 2. The van der Waals surface area contributed by atoms with E-state index in [-0.39, 0.29) is 5.97 Å². The van der Waals surface area contributed by atoms with Crippen LogP contribution in [0.3, 0.4) is 0 Å². The summed E-state index contributed by atoms with van der Waals surface area (Å²) in [5.41, 5.74) is 0.863. The van der Waals surface area contributed by atoms with Gasteiger partial charge in [-0.05, 0) is 26.0 Å². The van der Waals surface area contributed by atoms with Gasteiger partial charge in [0.25, 0.3) is 0 Å². The van der Waals surface area contributed by atoms with Gasteiger partial charge in [0.15, 0.2) is 0 Å². The molecule has 2 rings (SSSR count). The number of benzene rings is 1. The number of fused-ring (bicyclic) bond motifs is 1.